The van der Waals surface area contributed by atoms with Crippen LogP contribution in [0.25, 0.3) is 0 Å². The summed E-state index contributed by atoms with van der Waals surface area (Å²) in [5, 5.41) is 2.97. The Kier molecular flexibility index (Phi) is 7.68. The van der Waals surface area contributed by atoms with Gasteiger partial charge in [0.05, 0.1) is 7.11 Å². The molecule has 1 unspecified atom stereocenters. The first-order chi connectivity index (χ1) is 12.8. The quantitative estimate of drug-likeness (QED) is 0.694. The molecule has 7 heteroatoms. The molecule has 0 aromatic heterocycles. The molecule has 0 bridgehead atoms. The molecule has 6 nitrogen and oxygen atoms in total. The number of amides is 1. The van der Waals surface area contributed by atoms with Crippen LogP contribution in [0.5, 0.6) is 5.75 Å². The van der Waals surface area contributed by atoms with E-state index >= 15 is 0 Å². The summed E-state index contributed by atoms with van der Waals surface area (Å²) in [5.74, 6) is 0.656. The predicted octanol–water partition coefficient (Wildman–Crippen LogP) is 3.42. The molecule has 0 spiro atoms. The maximum absolute atomic E-state index is 12.9. The van der Waals surface area contributed by atoms with E-state index in [2.05, 4.69) is 19.2 Å². The molecule has 0 radical (unpaired) electrons. The molecule has 1 aromatic carbocycles. The van der Waals surface area contributed by atoms with Gasteiger partial charge in [-0.3, -0.25) is 4.79 Å². The zero-order chi connectivity index (χ0) is 20.0. The highest BCUT2D eigenvalue weighted by atomic mass is 32.2. The van der Waals surface area contributed by atoms with Gasteiger partial charge >= 0.3 is 0 Å². The van der Waals surface area contributed by atoms with Crippen molar-refractivity contribution in [2.75, 3.05) is 20.2 Å². The minimum absolute atomic E-state index is 0.0389. The second kappa shape index (κ2) is 9.55. The van der Waals surface area contributed by atoms with Crippen LogP contribution in [0.3, 0.4) is 0 Å². The van der Waals surface area contributed by atoms with E-state index in [1.807, 2.05) is 6.92 Å². The molecular formula is C20H32N2O4S. The SMILES string of the molecule is COc1ccc(C(=O)NC(C)CCCC(C)C)cc1S(=O)(=O)N1CCCC1. The molecule has 1 aliphatic rings. The van der Waals surface area contributed by atoms with Crippen molar-refractivity contribution in [3.05, 3.63) is 23.8 Å². The van der Waals surface area contributed by atoms with Crippen LogP contribution in [0, 0.1) is 5.92 Å². The van der Waals surface area contributed by atoms with Gasteiger partial charge in [0.25, 0.3) is 5.91 Å². The van der Waals surface area contributed by atoms with E-state index in [1.54, 1.807) is 12.1 Å². The Hall–Kier alpha value is -1.60. The first-order valence-electron chi connectivity index (χ1n) is 9.74. The van der Waals surface area contributed by atoms with Gasteiger partial charge in [0, 0.05) is 24.7 Å². The van der Waals surface area contributed by atoms with E-state index in [4.69, 9.17) is 4.74 Å². The highest BCUT2D eigenvalue weighted by Crippen LogP contribution is 2.29. The summed E-state index contributed by atoms with van der Waals surface area (Å²) in [5.41, 5.74) is 0.337. The van der Waals surface area contributed by atoms with Gasteiger partial charge in [0.1, 0.15) is 10.6 Å². The smallest absolute Gasteiger partial charge is 0.251 e. The third kappa shape index (κ3) is 5.69. The minimum Gasteiger partial charge on any atom is -0.495 e. The maximum Gasteiger partial charge on any atom is 0.251 e. The van der Waals surface area contributed by atoms with Gasteiger partial charge in [-0.05, 0) is 50.3 Å². The average Bonchev–Trinajstić information content (AvgIpc) is 3.16. The first-order valence-corrected chi connectivity index (χ1v) is 11.2. The molecule has 1 atom stereocenters. The number of nitrogens with zero attached hydrogens (tertiary/aromatic N) is 1. The third-order valence-corrected chi connectivity index (χ3v) is 6.82. The summed E-state index contributed by atoms with van der Waals surface area (Å²) in [7, 11) is -2.22. The number of ether oxygens (including phenoxy) is 1. The molecular weight excluding hydrogens is 364 g/mol. The Morgan fingerprint density at radius 1 is 1.19 bits per heavy atom. The number of carbonyl (C=O) groups is 1. The van der Waals surface area contributed by atoms with Crippen LogP contribution >= 0.6 is 0 Å². The Balaban J connectivity index is 2.15. The molecule has 27 heavy (non-hydrogen) atoms. The second-order valence-corrected chi connectivity index (χ2v) is 9.58. The van der Waals surface area contributed by atoms with Crippen molar-refractivity contribution in [3.63, 3.8) is 0 Å². The van der Waals surface area contributed by atoms with Crippen molar-refractivity contribution >= 4 is 15.9 Å². The molecule has 1 saturated heterocycles. The summed E-state index contributed by atoms with van der Waals surface area (Å²) < 4.78 is 32.6. The number of hydrogen-bond acceptors (Lipinski definition) is 4. The summed E-state index contributed by atoms with van der Waals surface area (Å²) in [6, 6.07) is 4.64. The van der Waals surface area contributed by atoms with Gasteiger partial charge in [0.15, 0.2) is 0 Å². The van der Waals surface area contributed by atoms with Gasteiger partial charge in [-0.1, -0.05) is 26.7 Å². The van der Waals surface area contributed by atoms with E-state index in [-0.39, 0.29) is 22.6 Å². The maximum atomic E-state index is 12.9. The van der Waals surface area contributed by atoms with Crippen LogP contribution in [-0.4, -0.2) is 44.9 Å². The molecule has 1 N–H and O–H groups in total. The van der Waals surface area contributed by atoms with Crippen molar-refractivity contribution in [1.82, 2.24) is 9.62 Å². The van der Waals surface area contributed by atoms with Crippen LogP contribution in [0.1, 0.15) is 63.2 Å². The molecule has 152 valence electrons. The lowest BCUT2D eigenvalue weighted by atomic mass is 10.0. The lowest BCUT2D eigenvalue weighted by molar-refractivity contribution is 0.0937. The monoisotopic (exact) mass is 396 g/mol. The molecule has 0 aliphatic carbocycles. The first kappa shape index (κ1) is 21.7. The lowest BCUT2D eigenvalue weighted by Gasteiger charge is -2.19. The fourth-order valence-electron chi connectivity index (χ4n) is 3.30. The van der Waals surface area contributed by atoms with E-state index < -0.39 is 10.0 Å². The zero-order valence-electron chi connectivity index (χ0n) is 16.8. The average molecular weight is 397 g/mol. The second-order valence-electron chi connectivity index (χ2n) is 7.68. The molecule has 1 aromatic rings. The molecule has 1 amide bonds. The fourth-order valence-corrected chi connectivity index (χ4v) is 5.00. The van der Waals surface area contributed by atoms with Crippen LogP contribution in [0.15, 0.2) is 23.1 Å². The Bertz CT molecular complexity index is 740. The van der Waals surface area contributed by atoms with Crippen molar-refractivity contribution in [1.29, 1.82) is 0 Å². The van der Waals surface area contributed by atoms with Gasteiger partial charge in [0.2, 0.25) is 10.0 Å². The Morgan fingerprint density at radius 2 is 1.85 bits per heavy atom. The standard InChI is InChI=1S/C20H32N2O4S/c1-15(2)8-7-9-16(3)21-20(23)17-10-11-18(26-4)19(14-17)27(24,25)22-12-5-6-13-22/h10-11,14-16H,5-9,12-13H2,1-4H3,(H,21,23). The van der Waals surface area contributed by atoms with E-state index in [9.17, 15) is 13.2 Å². The fraction of sp³-hybridized carbons (Fsp3) is 0.650. The van der Waals surface area contributed by atoms with Crippen LogP contribution in [0.2, 0.25) is 0 Å². The largest absolute Gasteiger partial charge is 0.495 e. The number of nitrogens with one attached hydrogen (secondary N) is 1. The van der Waals surface area contributed by atoms with Crippen molar-refractivity contribution in [2.24, 2.45) is 5.92 Å². The van der Waals surface area contributed by atoms with E-state index in [0.29, 0.717) is 24.6 Å². The highest BCUT2D eigenvalue weighted by Gasteiger charge is 2.30. The van der Waals surface area contributed by atoms with E-state index in [0.717, 1.165) is 32.1 Å². The number of hydrogen-bond donors (Lipinski definition) is 1. The van der Waals surface area contributed by atoms with E-state index in [1.165, 1.54) is 17.5 Å². The molecule has 1 aliphatic heterocycles. The van der Waals surface area contributed by atoms with Crippen LogP contribution in [0.4, 0.5) is 0 Å². The minimum atomic E-state index is -3.66. The topological polar surface area (TPSA) is 75.7 Å². The summed E-state index contributed by atoms with van der Waals surface area (Å²) in [4.78, 5) is 12.7. The van der Waals surface area contributed by atoms with Gasteiger partial charge < -0.3 is 10.1 Å². The van der Waals surface area contributed by atoms with Crippen molar-refractivity contribution < 1.29 is 17.9 Å². The lowest BCUT2D eigenvalue weighted by Crippen LogP contribution is -2.33. The Morgan fingerprint density at radius 3 is 2.44 bits per heavy atom. The number of benzene rings is 1. The number of methoxy groups -OCH3 is 1. The molecule has 0 saturated carbocycles. The molecule has 1 heterocycles. The zero-order valence-corrected chi connectivity index (χ0v) is 17.6. The molecule has 2 rings (SSSR count). The van der Waals surface area contributed by atoms with Gasteiger partial charge in [-0.15, -0.1) is 0 Å². The normalized spacial score (nSPS) is 16.5. The number of rotatable bonds is 9. The highest BCUT2D eigenvalue weighted by molar-refractivity contribution is 7.89. The number of carbonyl (C=O) groups excluding carboxylic acids is 1. The summed E-state index contributed by atoms with van der Waals surface area (Å²) >= 11 is 0. The van der Waals surface area contributed by atoms with Crippen molar-refractivity contribution in [3.8, 4) is 5.75 Å². The number of sulfonamides is 1. The van der Waals surface area contributed by atoms with Crippen LogP contribution in [-0.2, 0) is 10.0 Å². The summed E-state index contributed by atoms with van der Waals surface area (Å²) in [6.07, 6.45) is 4.79. The van der Waals surface area contributed by atoms with Crippen LogP contribution < -0.4 is 10.1 Å². The predicted molar refractivity (Wildman–Crippen MR) is 107 cm³/mol. The Labute approximate surface area is 163 Å². The van der Waals surface area contributed by atoms with Crippen molar-refractivity contribution in [2.45, 2.75) is 63.8 Å². The van der Waals surface area contributed by atoms with Gasteiger partial charge in [-0.25, -0.2) is 8.42 Å². The molecule has 1 fully saturated rings. The summed E-state index contributed by atoms with van der Waals surface area (Å²) in [6.45, 7) is 7.36. The third-order valence-electron chi connectivity index (χ3n) is 4.90. The van der Waals surface area contributed by atoms with Gasteiger partial charge in [-0.2, -0.15) is 4.31 Å².